The molecule has 4 aliphatic rings. The largest absolute Gasteiger partial charge is 0.463 e. The van der Waals surface area contributed by atoms with Gasteiger partial charge in [-0.1, -0.05) is 24.3 Å². The minimum Gasteiger partial charge on any atom is -0.463 e. The van der Waals surface area contributed by atoms with E-state index < -0.39 is 73.0 Å². The van der Waals surface area contributed by atoms with Crippen LogP contribution >= 0.6 is 0 Å². The van der Waals surface area contributed by atoms with Crippen LogP contribution in [-0.4, -0.2) is 72.8 Å². The van der Waals surface area contributed by atoms with Crippen molar-refractivity contribution >= 4 is 35.4 Å². The highest BCUT2D eigenvalue weighted by molar-refractivity contribution is 6.18. The summed E-state index contributed by atoms with van der Waals surface area (Å²) in [7, 11) is 0. The van der Waals surface area contributed by atoms with Gasteiger partial charge in [0.15, 0.2) is 23.8 Å². The van der Waals surface area contributed by atoms with E-state index in [1.54, 1.807) is 12.1 Å². The highest BCUT2D eigenvalue weighted by Crippen LogP contribution is 2.53. The lowest BCUT2D eigenvalue weighted by molar-refractivity contribution is -0.288. The van der Waals surface area contributed by atoms with Crippen LogP contribution in [0, 0.1) is 23.7 Å². The first-order chi connectivity index (χ1) is 19.5. The molecule has 5 rings (SSSR count). The topological polar surface area (TPSA) is 158 Å². The van der Waals surface area contributed by atoms with E-state index in [1.807, 2.05) is 12.2 Å². The summed E-state index contributed by atoms with van der Waals surface area (Å²) in [6, 6.07) is 4.62. The number of esters is 4. The van der Waals surface area contributed by atoms with Gasteiger partial charge in [0.25, 0.3) is 0 Å². The van der Waals surface area contributed by atoms with E-state index in [-0.39, 0.29) is 40.3 Å². The molecular formula is C29H30O12. The second-order valence-electron chi connectivity index (χ2n) is 10.6. The van der Waals surface area contributed by atoms with Gasteiger partial charge < -0.3 is 28.4 Å². The minimum atomic E-state index is -1.53. The summed E-state index contributed by atoms with van der Waals surface area (Å²) in [5, 5.41) is 0. The minimum absolute atomic E-state index is 0.00644. The molecule has 3 aliphatic carbocycles. The van der Waals surface area contributed by atoms with Crippen LogP contribution in [0.5, 0.6) is 5.75 Å². The van der Waals surface area contributed by atoms with Crippen LogP contribution in [-0.2, 0) is 42.9 Å². The first-order valence-corrected chi connectivity index (χ1v) is 13.3. The smallest absolute Gasteiger partial charge is 0.303 e. The quantitative estimate of drug-likeness (QED) is 0.267. The summed E-state index contributed by atoms with van der Waals surface area (Å²) in [4.78, 5) is 75.1. The second kappa shape index (κ2) is 11.1. The molecule has 41 heavy (non-hydrogen) atoms. The Labute approximate surface area is 235 Å². The van der Waals surface area contributed by atoms with E-state index in [0.29, 0.717) is 0 Å². The average Bonchev–Trinajstić information content (AvgIpc) is 3.51. The van der Waals surface area contributed by atoms with Crippen molar-refractivity contribution in [1.29, 1.82) is 0 Å². The molecule has 9 atom stereocenters. The van der Waals surface area contributed by atoms with Crippen molar-refractivity contribution in [1.82, 2.24) is 0 Å². The van der Waals surface area contributed by atoms with Crippen LogP contribution in [0.1, 0.15) is 54.8 Å². The summed E-state index contributed by atoms with van der Waals surface area (Å²) in [6.07, 6.45) is -2.30. The molecule has 0 amide bonds. The number of hydrogen-bond donors (Lipinski definition) is 0. The molecule has 1 aromatic carbocycles. The SMILES string of the molecule is CC(=O)OC[C@H]1O[C@@H](Oc2cccc3c2C(=O)[C@H]2[C@@H](C3=O)[C@H]3C=C[C@@H]2C3)[C@H](OC(C)=O)[C@@H](OC(C)=O)[C@@H]1OC(C)=O. The maximum atomic E-state index is 13.8. The van der Waals surface area contributed by atoms with E-state index in [0.717, 1.165) is 27.2 Å². The van der Waals surface area contributed by atoms with Crippen LogP contribution in [0.2, 0.25) is 0 Å². The number of carbonyl (C=O) groups excluding carboxylic acids is 6. The van der Waals surface area contributed by atoms with Crippen molar-refractivity contribution in [2.45, 2.75) is 64.8 Å². The lowest BCUT2D eigenvalue weighted by Crippen LogP contribution is -2.63. The third-order valence-electron chi connectivity index (χ3n) is 7.79. The summed E-state index contributed by atoms with van der Waals surface area (Å²) in [5.41, 5.74) is 0.313. The molecule has 218 valence electrons. The van der Waals surface area contributed by atoms with E-state index >= 15 is 0 Å². The average molecular weight is 571 g/mol. The number of ketones is 2. The fourth-order valence-electron chi connectivity index (χ4n) is 6.38. The highest BCUT2D eigenvalue weighted by atomic mass is 16.7. The van der Waals surface area contributed by atoms with Gasteiger partial charge in [0, 0.05) is 45.1 Å². The molecule has 2 bridgehead atoms. The predicted molar refractivity (Wildman–Crippen MR) is 135 cm³/mol. The summed E-state index contributed by atoms with van der Waals surface area (Å²) >= 11 is 0. The van der Waals surface area contributed by atoms with Gasteiger partial charge in [-0.25, -0.2) is 0 Å². The van der Waals surface area contributed by atoms with Crippen molar-refractivity contribution < 1.29 is 57.2 Å². The third kappa shape index (κ3) is 5.35. The number of carbonyl (C=O) groups is 6. The van der Waals surface area contributed by atoms with Crippen LogP contribution in [0.15, 0.2) is 30.4 Å². The first kappa shape index (κ1) is 28.5. The molecule has 0 radical (unpaired) electrons. The molecule has 1 heterocycles. The molecular weight excluding hydrogens is 540 g/mol. The number of allylic oxidation sites excluding steroid dienone is 2. The van der Waals surface area contributed by atoms with Crippen LogP contribution in [0.4, 0.5) is 0 Å². The summed E-state index contributed by atoms with van der Waals surface area (Å²) < 4.78 is 33.5. The van der Waals surface area contributed by atoms with E-state index in [1.165, 1.54) is 13.0 Å². The molecule has 0 N–H and O–H groups in total. The van der Waals surface area contributed by atoms with E-state index in [2.05, 4.69) is 0 Å². The van der Waals surface area contributed by atoms with E-state index in [9.17, 15) is 28.8 Å². The van der Waals surface area contributed by atoms with Gasteiger partial charge in [-0.3, -0.25) is 28.8 Å². The van der Waals surface area contributed by atoms with Crippen molar-refractivity contribution in [2.24, 2.45) is 23.7 Å². The number of ether oxygens (including phenoxy) is 6. The van der Waals surface area contributed by atoms with Gasteiger partial charge in [0.2, 0.25) is 12.4 Å². The second-order valence-corrected chi connectivity index (χ2v) is 10.6. The van der Waals surface area contributed by atoms with Crippen molar-refractivity contribution in [3.8, 4) is 5.75 Å². The predicted octanol–water partition coefficient (Wildman–Crippen LogP) is 1.97. The molecule has 12 heteroatoms. The first-order valence-electron chi connectivity index (χ1n) is 13.3. The molecule has 0 aromatic heterocycles. The number of rotatable bonds is 7. The van der Waals surface area contributed by atoms with Crippen molar-refractivity contribution in [3.63, 3.8) is 0 Å². The van der Waals surface area contributed by atoms with Crippen LogP contribution < -0.4 is 4.74 Å². The highest BCUT2D eigenvalue weighted by Gasteiger charge is 2.57. The number of Topliss-reactive ketones (excluding diaryl/α,β-unsaturated/α-hetero) is 2. The Morgan fingerprint density at radius 1 is 0.780 bits per heavy atom. The van der Waals surface area contributed by atoms with Crippen molar-refractivity contribution in [3.05, 3.63) is 41.5 Å². The Kier molecular flexibility index (Phi) is 7.69. The molecule has 0 spiro atoms. The molecule has 2 fully saturated rings. The van der Waals surface area contributed by atoms with Gasteiger partial charge >= 0.3 is 23.9 Å². The fourth-order valence-corrected chi connectivity index (χ4v) is 6.38. The maximum Gasteiger partial charge on any atom is 0.303 e. The molecule has 1 aromatic rings. The Morgan fingerprint density at radius 3 is 1.98 bits per heavy atom. The Bertz CT molecular complexity index is 1330. The zero-order valence-corrected chi connectivity index (χ0v) is 22.9. The Balaban J connectivity index is 1.53. The fraction of sp³-hybridized carbons (Fsp3) is 0.517. The Hall–Kier alpha value is -4.06. The molecule has 1 aliphatic heterocycles. The standard InChI is InChI=1S/C29H30O12/c1-12(30)36-11-20-26(37-13(2)31)27(38-14(3)32)28(39-15(4)33)29(41-20)40-19-7-5-6-18-23(19)25(35)22-17-9-8-16(10-17)21(22)24(18)34/h5-9,16-17,20-22,26-29H,10-11H2,1-4H3/t16-,17+,20+,21-,22+,26+,27-,28+,29+/m0/s1. The lowest BCUT2D eigenvalue weighted by Gasteiger charge is -2.44. The van der Waals surface area contributed by atoms with Gasteiger partial charge in [-0.05, 0) is 24.3 Å². The lowest BCUT2D eigenvalue weighted by atomic mass is 9.69. The van der Waals surface area contributed by atoms with Gasteiger partial charge in [-0.15, -0.1) is 0 Å². The normalized spacial score (nSPS) is 32.9. The van der Waals surface area contributed by atoms with Crippen LogP contribution in [0.3, 0.4) is 0 Å². The monoisotopic (exact) mass is 570 g/mol. The molecule has 1 saturated heterocycles. The molecule has 12 nitrogen and oxygen atoms in total. The zero-order valence-electron chi connectivity index (χ0n) is 22.9. The number of fused-ring (bicyclic) bond motifs is 6. The van der Waals surface area contributed by atoms with E-state index in [4.69, 9.17) is 28.4 Å². The summed E-state index contributed by atoms with van der Waals surface area (Å²) in [5.74, 6) is -4.34. The number of hydrogen-bond acceptors (Lipinski definition) is 12. The molecule has 0 unspecified atom stereocenters. The summed E-state index contributed by atoms with van der Waals surface area (Å²) in [6.45, 7) is 4.08. The Morgan fingerprint density at radius 2 is 1.37 bits per heavy atom. The number of benzene rings is 1. The van der Waals surface area contributed by atoms with Gasteiger partial charge in [0.1, 0.15) is 18.5 Å². The van der Waals surface area contributed by atoms with Gasteiger partial charge in [0.05, 0.1) is 5.56 Å². The third-order valence-corrected chi connectivity index (χ3v) is 7.79. The molecule has 1 saturated carbocycles. The van der Waals surface area contributed by atoms with Gasteiger partial charge in [-0.2, -0.15) is 0 Å². The van der Waals surface area contributed by atoms with Crippen molar-refractivity contribution in [2.75, 3.05) is 6.61 Å². The van der Waals surface area contributed by atoms with Crippen LogP contribution in [0.25, 0.3) is 0 Å². The maximum absolute atomic E-state index is 13.8. The zero-order chi connectivity index (χ0) is 29.6.